The lowest BCUT2D eigenvalue weighted by molar-refractivity contribution is -0.274. The van der Waals surface area contributed by atoms with Crippen LogP contribution in [0.2, 0.25) is 0 Å². The van der Waals surface area contributed by atoms with E-state index in [0.717, 1.165) is 0 Å². The molecule has 0 aliphatic heterocycles. The van der Waals surface area contributed by atoms with Crippen LogP contribution in [0, 0.1) is 0 Å². The van der Waals surface area contributed by atoms with Gasteiger partial charge in [-0.05, 0) is 40.5 Å². The van der Waals surface area contributed by atoms with Gasteiger partial charge < -0.3 is 21.0 Å². The topological polar surface area (TPSA) is 79.9 Å². The first-order valence-corrected chi connectivity index (χ1v) is 6.82. The van der Waals surface area contributed by atoms with Gasteiger partial charge in [-0.2, -0.15) is 0 Å². The zero-order chi connectivity index (χ0) is 16.0. The predicted octanol–water partition coefficient (Wildman–Crippen LogP) is 3.67. The Labute approximate surface area is 128 Å². The number of halogens is 4. The van der Waals surface area contributed by atoms with Crippen LogP contribution >= 0.6 is 15.9 Å². The average molecular weight is 370 g/mol. The second kappa shape index (κ2) is 7.39. The first-order chi connectivity index (χ1) is 9.75. The summed E-state index contributed by atoms with van der Waals surface area (Å²) in [6.45, 7) is 1.90. The van der Waals surface area contributed by atoms with Crippen LogP contribution < -0.4 is 15.8 Å². The number of hydrogen-bond donors (Lipinski definition) is 3. The molecular formula is C12H15BrF3N3O2. The van der Waals surface area contributed by atoms with Gasteiger partial charge in [0.2, 0.25) is 0 Å². The highest BCUT2D eigenvalue weighted by molar-refractivity contribution is 9.10. The Kier molecular flexibility index (Phi) is 6.13. The van der Waals surface area contributed by atoms with Crippen LogP contribution in [0.15, 0.2) is 27.8 Å². The van der Waals surface area contributed by atoms with Crippen molar-refractivity contribution >= 4 is 27.5 Å². The van der Waals surface area contributed by atoms with Gasteiger partial charge in [0.15, 0.2) is 0 Å². The minimum Gasteiger partial charge on any atom is -0.409 e. The molecule has 0 saturated heterocycles. The minimum absolute atomic E-state index is 0.0745. The molecule has 5 nitrogen and oxygen atoms in total. The van der Waals surface area contributed by atoms with E-state index in [4.69, 9.17) is 10.9 Å². The van der Waals surface area contributed by atoms with Crippen molar-refractivity contribution in [1.82, 2.24) is 0 Å². The Morgan fingerprint density at radius 3 is 2.67 bits per heavy atom. The Morgan fingerprint density at radius 2 is 2.19 bits per heavy atom. The van der Waals surface area contributed by atoms with E-state index in [2.05, 4.69) is 31.1 Å². The van der Waals surface area contributed by atoms with Crippen LogP contribution in [0.5, 0.6) is 5.75 Å². The summed E-state index contributed by atoms with van der Waals surface area (Å²) in [5.41, 5.74) is 6.02. The number of anilines is 1. The van der Waals surface area contributed by atoms with Crippen LogP contribution in [-0.2, 0) is 0 Å². The van der Waals surface area contributed by atoms with E-state index in [1.165, 1.54) is 18.2 Å². The summed E-state index contributed by atoms with van der Waals surface area (Å²) >= 11 is 3.02. The lowest BCUT2D eigenvalue weighted by Crippen LogP contribution is -2.26. The molecule has 21 heavy (non-hydrogen) atoms. The molecule has 4 N–H and O–H groups in total. The Hall–Kier alpha value is -1.64. The smallest absolute Gasteiger partial charge is 0.409 e. The van der Waals surface area contributed by atoms with Gasteiger partial charge in [0.1, 0.15) is 11.6 Å². The van der Waals surface area contributed by atoms with Gasteiger partial charge in [0.25, 0.3) is 0 Å². The SMILES string of the molecule is CCC(C/C(N)=N/O)Nc1ccc(OC(F)(F)F)c(Br)c1. The number of ether oxygens (including phenoxy) is 1. The fourth-order valence-corrected chi connectivity index (χ4v) is 2.08. The van der Waals surface area contributed by atoms with Crippen molar-refractivity contribution in [1.29, 1.82) is 0 Å². The summed E-state index contributed by atoms with van der Waals surface area (Å²) in [6, 6.07) is 4.02. The third-order valence-corrected chi connectivity index (χ3v) is 3.22. The summed E-state index contributed by atoms with van der Waals surface area (Å²) < 4.78 is 40.5. The van der Waals surface area contributed by atoms with Crippen molar-refractivity contribution in [3.63, 3.8) is 0 Å². The van der Waals surface area contributed by atoms with Crippen molar-refractivity contribution in [3.8, 4) is 5.75 Å². The standard InChI is InChI=1S/C12H15BrF3N3O2/c1-2-7(6-11(17)19-20)18-8-3-4-10(9(13)5-8)21-12(14,15)16/h3-5,7,18,20H,2,6H2,1H3,(H2,17,19). The molecule has 0 aromatic heterocycles. The molecule has 118 valence electrons. The van der Waals surface area contributed by atoms with E-state index >= 15 is 0 Å². The summed E-state index contributed by atoms with van der Waals surface area (Å²) in [5, 5.41) is 14.5. The normalized spacial score (nSPS) is 13.9. The number of alkyl halides is 3. The molecule has 0 saturated carbocycles. The molecule has 0 spiro atoms. The molecule has 1 unspecified atom stereocenters. The number of nitrogens with one attached hydrogen (secondary N) is 1. The van der Waals surface area contributed by atoms with E-state index in [1.807, 2.05) is 6.92 Å². The molecule has 0 heterocycles. The molecule has 1 aromatic carbocycles. The van der Waals surface area contributed by atoms with Gasteiger partial charge in [0, 0.05) is 18.2 Å². The first-order valence-electron chi connectivity index (χ1n) is 6.03. The molecule has 1 atom stereocenters. The predicted molar refractivity (Wildman–Crippen MR) is 76.6 cm³/mol. The van der Waals surface area contributed by atoms with Crippen molar-refractivity contribution in [2.45, 2.75) is 32.2 Å². The largest absolute Gasteiger partial charge is 0.573 e. The lowest BCUT2D eigenvalue weighted by Gasteiger charge is -2.18. The number of nitrogens with zero attached hydrogens (tertiary/aromatic N) is 1. The number of nitrogens with two attached hydrogens (primary N) is 1. The van der Waals surface area contributed by atoms with E-state index in [0.29, 0.717) is 18.5 Å². The monoisotopic (exact) mass is 369 g/mol. The molecule has 0 aliphatic carbocycles. The minimum atomic E-state index is -4.74. The number of rotatable bonds is 6. The third kappa shape index (κ3) is 6.11. The fourth-order valence-electron chi connectivity index (χ4n) is 1.62. The van der Waals surface area contributed by atoms with Crippen molar-refractivity contribution in [2.75, 3.05) is 5.32 Å². The second-order valence-electron chi connectivity index (χ2n) is 4.24. The number of benzene rings is 1. The second-order valence-corrected chi connectivity index (χ2v) is 5.09. The molecule has 9 heteroatoms. The summed E-state index contributed by atoms with van der Waals surface area (Å²) in [5.74, 6) is -0.247. The quantitative estimate of drug-likeness (QED) is 0.309. The number of hydrogen-bond acceptors (Lipinski definition) is 4. The van der Waals surface area contributed by atoms with E-state index in [9.17, 15) is 13.2 Å². The molecule has 1 aromatic rings. The first kappa shape index (κ1) is 17.4. The van der Waals surface area contributed by atoms with Crippen LogP contribution in [0.4, 0.5) is 18.9 Å². The van der Waals surface area contributed by atoms with E-state index in [1.54, 1.807) is 0 Å². The molecule has 0 fully saturated rings. The van der Waals surface area contributed by atoms with Crippen molar-refractivity contribution < 1.29 is 23.1 Å². The van der Waals surface area contributed by atoms with Crippen LogP contribution in [0.1, 0.15) is 19.8 Å². The molecule has 0 radical (unpaired) electrons. The fraction of sp³-hybridized carbons (Fsp3) is 0.417. The van der Waals surface area contributed by atoms with Gasteiger partial charge in [-0.1, -0.05) is 12.1 Å². The number of amidine groups is 1. The van der Waals surface area contributed by atoms with Crippen molar-refractivity contribution in [2.24, 2.45) is 10.9 Å². The lowest BCUT2D eigenvalue weighted by atomic mass is 10.1. The van der Waals surface area contributed by atoms with Crippen LogP contribution in [0.25, 0.3) is 0 Å². The maximum atomic E-state index is 12.2. The maximum absolute atomic E-state index is 12.2. The van der Waals surface area contributed by atoms with Gasteiger partial charge in [-0.25, -0.2) is 0 Å². The highest BCUT2D eigenvalue weighted by atomic mass is 79.9. The van der Waals surface area contributed by atoms with E-state index < -0.39 is 6.36 Å². The molecule has 0 aliphatic rings. The zero-order valence-electron chi connectivity index (χ0n) is 11.1. The Bertz CT molecular complexity index is 509. The molecular weight excluding hydrogens is 355 g/mol. The summed E-state index contributed by atoms with van der Waals surface area (Å²) in [6.07, 6.45) is -3.74. The van der Waals surface area contributed by atoms with Gasteiger partial charge in [-0.3, -0.25) is 0 Å². The van der Waals surface area contributed by atoms with Gasteiger partial charge in [-0.15, -0.1) is 13.2 Å². The highest BCUT2D eigenvalue weighted by Crippen LogP contribution is 2.32. The van der Waals surface area contributed by atoms with Crippen LogP contribution in [-0.4, -0.2) is 23.4 Å². The van der Waals surface area contributed by atoms with Crippen molar-refractivity contribution in [3.05, 3.63) is 22.7 Å². The Balaban J connectivity index is 2.79. The molecule has 1 rings (SSSR count). The number of oxime groups is 1. The van der Waals surface area contributed by atoms with Crippen LogP contribution in [0.3, 0.4) is 0 Å². The summed E-state index contributed by atoms with van der Waals surface area (Å²) in [4.78, 5) is 0. The Morgan fingerprint density at radius 1 is 1.52 bits per heavy atom. The average Bonchev–Trinajstić information content (AvgIpc) is 2.39. The highest BCUT2D eigenvalue weighted by Gasteiger charge is 2.31. The zero-order valence-corrected chi connectivity index (χ0v) is 12.7. The van der Waals surface area contributed by atoms with Gasteiger partial charge in [0.05, 0.1) is 4.47 Å². The maximum Gasteiger partial charge on any atom is 0.573 e. The summed E-state index contributed by atoms with van der Waals surface area (Å²) in [7, 11) is 0. The third-order valence-electron chi connectivity index (χ3n) is 2.61. The molecule has 0 bridgehead atoms. The van der Waals surface area contributed by atoms with E-state index in [-0.39, 0.29) is 22.1 Å². The molecule has 0 amide bonds. The van der Waals surface area contributed by atoms with Gasteiger partial charge >= 0.3 is 6.36 Å².